The van der Waals surface area contributed by atoms with Crippen molar-refractivity contribution in [3.05, 3.63) is 41.1 Å². The minimum atomic E-state index is -0.468. The third-order valence-electron chi connectivity index (χ3n) is 5.39. The van der Waals surface area contributed by atoms with Gasteiger partial charge >= 0.3 is 0 Å². The number of ether oxygens (including phenoxy) is 2. The van der Waals surface area contributed by atoms with Crippen LogP contribution in [0.5, 0.6) is 0 Å². The number of carbonyl (C=O) groups excluding carboxylic acids is 1. The van der Waals surface area contributed by atoms with E-state index in [4.69, 9.17) is 9.47 Å². The average molecular weight is 355 g/mol. The zero-order valence-corrected chi connectivity index (χ0v) is 15.6. The molecule has 0 saturated carbocycles. The standard InChI is InChI=1S/C20H25N3O3/c1-14-4-5-15(2)16(12-14)18-13-17(21-22(18)3)19(24)23-8-6-20(7-9-23)25-10-11-26-20/h4-5,12-13H,6-11H2,1-3H3. The molecule has 4 rings (SSSR count). The Morgan fingerprint density at radius 3 is 2.50 bits per heavy atom. The molecule has 2 aromatic rings. The maximum atomic E-state index is 12.9. The maximum Gasteiger partial charge on any atom is 0.274 e. The van der Waals surface area contributed by atoms with Gasteiger partial charge in [-0.05, 0) is 31.5 Å². The van der Waals surface area contributed by atoms with E-state index in [0.29, 0.717) is 32.0 Å². The molecule has 0 unspecified atom stereocenters. The highest BCUT2D eigenvalue weighted by Gasteiger charge is 2.41. The van der Waals surface area contributed by atoms with Crippen LogP contribution in [-0.4, -0.2) is 52.7 Å². The van der Waals surface area contributed by atoms with Crippen LogP contribution in [0, 0.1) is 13.8 Å². The van der Waals surface area contributed by atoms with Crippen LogP contribution in [0.25, 0.3) is 11.3 Å². The Kier molecular flexibility index (Phi) is 4.32. The van der Waals surface area contributed by atoms with Gasteiger partial charge in [-0.1, -0.05) is 17.7 Å². The molecule has 3 heterocycles. The summed E-state index contributed by atoms with van der Waals surface area (Å²) in [7, 11) is 1.89. The number of amides is 1. The van der Waals surface area contributed by atoms with Crippen LogP contribution in [-0.2, 0) is 16.5 Å². The van der Waals surface area contributed by atoms with Crippen molar-refractivity contribution in [1.82, 2.24) is 14.7 Å². The lowest BCUT2D eigenvalue weighted by Gasteiger charge is -2.37. The summed E-state index contributed by atoms with van der Waals surface area (Å²) in [6, 6.07) is 8.24. The molecule has 2 aliphatic rings. The van der Waals surface area contributed by atoms with E-state index in [-0.39, 0.29) is 5.91 Å². The van der Waals surface area contributed by atoms with Gasteiger partial charge < -0.3 is 14.4 Å². The van der Waals surface area contributed by atoms with Crippen molar-refractivity contribution in [3.63, 3.8) is 0 Å². The minimum Gasteiger partial charge on any atom is -0.347 e. The zero-order valence-electron chi connectivity index (χ0n) is 15.6. The fourth-order valence-electron chi connectivity index (χ4n) is 3.83. The number of aromatic nitrogens is 2. The van der Waals surface area contributed by atoms with Gasteiger partial charge in [0.15, 0.2) is 11.5 Å². The van der Waals surface area contributed by atoms with E-state index in [1.807, 2.05) is 18.0 Å². The van der Waals surface area contributed by atoms with Gasteiger partial charge in [0.2, 0.25) is 0 Å². The van der Waals surface area contributed by atoms with E-state index in [1.165, 1.54) is 11.1 Å². The number of rotatable bonds is 2. The molecule has 2 fully saturated rings. The molecule has 1 spiro atoms. The summed E-state index contributed by atoms with van der Waals surface area (Å²) in [6.45, 7) is 6.71. The summed E-state index contributed by atoms with van der Waals surface area (Å²) in [4.78, 5) is 14.8. The molecule has 2 aliphatic heterocycles. The lowest BCUT2D eigenvalue weighted by Crippen LogP contribution is -2.47. The van der Waals surface area contributed by atoms with Gasteiger partial charge in [-0.15, -0.1) is 0 Å². The van der Waals surface area contributed by atoms with E-state index in [2.05, 4.69) is 37.1 Å². The number of hydrogen-bond acceptors (Lipinski definition) is 4. The lowest BCUT2D eigenvalue weighted by molar-refractivity contribution is -0.181. The summed E-state index contributed by atoms with van der Waals surface area (Å²) < 4.78 is 13.3. The number of hydrogen-bond donors (Lipinski definition) is 0. The molecule has 6 heteroatoms. The first-order chi connectivity index (χ1) is 12.5. The van der Waals surface area contributed by atoms with Gasteiger partial charge in [0.05, 0.1) is 18.9 Å². The number of likely N-dealkylation sites (tertiary alicyclic amines) is 1. The Morgan fingerprint density at radius 1 is 1.12 bits per heavy atom. The fraction of sp³-hybridized carbons (Fsp3) is 0.500. The van der Waals surface area contributed by atoms with Crippen LogP contribution in [0.4, 0.5) is 0 Å². The van der Waals surface area contributed by atoms with Crippen LogP contribution in [0.15, 0.2) is 24.3 Å². The third kappa shape index (κ3) is 3.04. The van der Waals surface area contributed by atoms with Crippen LogP contribution < -0.4 is 0 Å². The number of benzene rings is 1. The lowest BCUT2D eigenvalue weighted by atomic mass is 10.0. The van der Waals surface area contributed by atoms with Crippen LogP contribution in [0.1, 0.15) is 34.5 Å². The van der Waals surface area contributed by atoms with Gasteiger partial charge in [-0.2, -0.15) is 5.10 Å². The van der Waals surface area contributed by atoms with Crippen molar-refractivity contribution >= 4 is 5.91 Å². The predicted molar refractivity (Wildman–Crippen MR) is 97.9 cm³/mol. The first kappa shape index (κ1) is 17.2. The SMILES string of the molecule is Cc1ccc(C)c(-c2cc(C(=O)N3CCC4(CC3)OCCO4)nn2C)c1. The van der Waals surface area contributed by atoms with Crippen LogP contribution in [0.3, 0.4) is 0 Å². The first-order valence-electron chi connectivity index (χ1n) is 9.16. The average Bonchev–Trinajstić information content (AvgIpc) is 3.24. The molecular formula is C20H25N3O3. The van der Waals surface area contributed by atoms with E-state index < -0.39 is 5.79 Å². The molecule has 1 aromatic carbocycles. The molecule has 0 N–H and O–H groups in total. The van der Waals surface area contributed by atoms with Gasteiger partial charge in [0.25, 0.3) is 5.91 Å². The Morgan fingerprint density at radius 2 is 1.81 bits per heavy atom. The third-order valence-corrected chi connectivity index (χ3v) is 5.39. The highest BCUT2D eigenvalue weighted by atomic mass is 16.7. The number of piperidine rings is 1. The van der Waals surface area contributed by atoms with Gasteiger partial charge in [-0.3, -0.25) is 9.48 Å². The topological polar surface area (TPSA) is 56.6 Å². The van der Waals surface area contributed by atoms with E-state index >= 15 is 0 Å². The fourth-order valence-corrected chi connectivity index (χ4v) is 3.83. The van der Waals surface area contributed by atoms with Crippen LogP contribution >= 0.6 is 0 Å². The second-order valence-corrected chi connectivity index (χ2v) is 7.26. The quantitative estimate of drug-likeness (QED) is 0.831. The summed E-state index contributed by atoms with van der Waals surface area (Å²) in [6.07, 6.45) is 1.44. The van der Waals surface area contributed by atoms with Crippen molar-refractivity contribution in [1.29, 1.82) is 0 Å². The summed E-state index contributed by atoms with van der Waals surface area (Å²) in [5.41, 5.74) is 4.94. The van der Waals surface area contributed by atoms with Gasteiger partial charge in [-0.25, -0.2) is 0 Å². The maximum absolute atomic E-state index is 12.9. The largest absolute Gasteiger partial charge is 0.347 e. The monoisotopic (exact) mass is 355 g/mol. The molecule has 2 saturated heterocycles. The molecule has 1 aromatic heterocycles. The summed E-state index contributed by atoms with van der Waals surface area (Å²) in [5.74, 6) is -0.491. The number of carbonyl (C=O) groups is 1. The molecule has 6 nitrogen and oxygen atoms in total. The zero-order chi connectivity index (χ0) is 18.3. The van der Waals surface area contributed by atoms with Crippen molar-refractivity contribution in [3.8, 4) is 11.3 Å². The Bertz CT molecular complexity index is 827. The van der Waals surface area contributed by atoms with Crippen molar-refractivity contribution in [2.24, 2.45) is 7.05 Å². The highest BCUT2D eigenvalue weighted by molar-refractivity contribution is 5.93. The van der Waals surface area contributed by atoms with E-state index in [1.54, 1.807) is 4.68 Å². The second kappa shape index (κ2) is 6.52. The molecule has 0 bridgehead atoms. The minimum absolute atomic E-state index is 0.0231. The molecule has 26 heavy (non-hydrogen) atoms. The van der Waals surface area contributed by atoms with Crippen molar-refractivity contribution in [2.75, 3.05) is 26.3 Å². The molecule has 0 radical (unpaired) electrons. The molecule has 0 aliphatic carbocycles. The predicted octanol–water partition coefficient (Wildman–Crippen LogP) is 2.68. The summed E-state index contributed by atoms with van der Waals surface area (Å²) >= 11 is 0. The highest BCUT2D eigenvalue weighted by Crippen LogP contribution is 2.32. The van der Waals surface area contributed by atoms with E-state index in [9.17, 15) is 4.79 Å². The second-order valence-electron chi connectivity index (χ2n) is 7.26. The Balaban J connectivity index is 1.54. The Hall–Kier alpha value is -2.18. The van der Waals surface area contributed by atoms with Crippen LogP contribution in [0.2, 0.25) is 0 Å². The normalized spacial score (nSPS) is 19.3. The summed E-state index contributed by atoms with van der Waals surface area (Å²) in [5, 5.41) is 4.48. The molecular weight excluding hydrogens is 330 g/mol. The van der Waals surface area contributed by atoms with Crippen molar-refractivity contribution in [2.45, 2.75) is 32.5 Å². The Labute approximate surface area is 153 Å². The number of aryl methyl sites for hydroxylation is 3. The van der Waals surface area contributed by atoms with E-state index in [0.717, 1.165) is 24.1 Å². The molecule has 1 amide bonds. The molecule has 138 valence electrons. The number of nitrogens with zero attached hydrogens (tertiary/aromatic N) is 3. The first-order valence-corrected chi connectivity index (χ1v) is 9.16. The smallest absolute Gasteiger partial charge is 0.274 e. The van der Waals surface area contributed by atoms with Gasteiger partial charge in [0, 0.05) is 38.5 Å². The molecule has 0 atom stereocenters. The van der Waals surface area contributed by atoms with Gasteiger partial charge in [0.1, 0.15) is 0 Å². The van der Waals surface area contributed by atoms with Crippen molar-refractivity contribution < 1.29 is 14.3 Å².